The highest BCUT2D eigenvalue weighted by molar-refractivity contribution is 6.30. The van der Waals surface area contributed by atoms with Gasteiger partial charge in [0.25, 0.3) is 0 Å². The van der Waals surface area contributed by atoms with Gasteiger partial charge in [-0.25, -0.2) is 0 Å². The van der Waals surface area contributed by atoms with Gasteiger partial charge in [0.15, 0.2) is 0 Å². The molecule has 27 heavy (non-hydrogen) atoms. The zero-order valence-electron chi connectivity index (χ0n) is 16.1. The van der Waals surface area contributed by atoms with Gasteiger partial charge in [0.1, 0.15) is 6.04 Å². The molecule has 1 heterocycles. The van der Waals surface area contributed by atoms with Crippen LogP contribution in [-0.4, -0.2) is 38.0 Å². The van der Waals surface area contributed by atoms with Crippen molar-refractivity contribution >= 4 is 23.2 Å². The topological polar surface area (TPSA) is 35.6 Å². The highest BCUT2D eigenvalue weighted by atomic mass is 35.5. The zero-order valence-corrected chi connectivity index (χ0v) is 16.9. The fourth-order valence-electron chi connectivity index (χ4n) is 3.59. The van der Waals surface area contributed by atoms with Gasteiger partial charge in [-0.3, -0.25) is 9.69 Å². The largest absolute Gasteiger partial charge is 0.372 e. The standard InChI is InChI=1S/C22H28ClN3O/c1-25(2)21(18-8-10-19(23)11-9-18)22(27)24-16-17-6-12-20(13-7-17)26-14-4-3-5-15-26/h6-13,21H,3-5,14-16H2,1-2H3,(H,24,27)/t21-/m1/s1. The molecule has 5 heteroatoms. The lowest BCUT2D eigenvalue weighted by atomic mass is 10.0. The van der Waals surface area contributed by atoms with Gasteiger partial charge < -0.3 is 10.2 Å². The van der Waals surface area contributed by atoms with Crippen molar-refractivity contribution in [2.75, 3.05) is 32.1 Å². The van der Waals surface area contributed by atoms with E-state index in [2.05, 4.69) is 34.5 Å². The van der Waals surface area contributed by atoms with Crippen molar-refractivity contribution in [1.82, 2.24) is 10.2 Å². The Kier molecular flexibility index (Phi) is 6.75. The van der Waals surface area contributed by atoms with E-state index in [1.807, 2.05) is 43.3 Å². The number of rotatable bonds is 6. The van der Waals surface area contributed by atoms with Crippen molar-refractivity contribution in [3.05, 3.63) is 64.7 Å². The zero-order chi connectivity index (χ0) is 19.2. The van der Waals surface area contributed by atoms with Gasteiger partial charge in [-0.1, -0.05) is 35.9 Å². The lowest BCUT2D eigenvalue weighted by Crippen LogP contribution is -2.36. The minimum absolute atomic E-state index is 0.0116. The number of halogens is 1. The summed E-state index contributed by atoms with van der Waals surface area (Å²) in [4.78, 5) is 17.1. The van der Waals surface area contributed by atoms with Gasteiger partial charge in [-0.15, -0.1) is 0 Å². The van der Waals surface area contributed by atoms with Gasteiger partial charge in [-0.05, 0) is 68.8 Å². The Morgan fingerprint density at radius 3 is 2.26 bits per heavy atom. The van der Waals surface area contributed by atoms with Gasteiger partial charge in [-0.2, -0.15) is 0 Å². The van der Waals surface area contributed by atoms with Crippen molar-refractivity contribution in [2.45, 2.75) is 31.8 Å². The van der Waals surface area contributed by atoms with Gasteiger partial charge in [0, 0.05) is 30.3 Å². The van der Waals surface area contributed by atoms with Crippen LogP contribution in [0.2, 0.25) is 5.02 Å². The van der Waals surface area contributed by atoms with Crippen LogP contribution in [0.1, 0.15) is 36.4 Å². The molecule has 1 fully saturated rings. The Bertz CT molecular complexity index is 737. The number of benzene rings is 2. The Labute approximate surface area is 167 Å². The summed E-state index contributed by atoms with van der Waals surface area (Å²) in [6.07, 6.45) is 3.88. The second-order valence-corrected chi connectivity index (χ2v) is 7.79. The van der Waals surface area contributed by atoms with Crippen molar-refractivity contribution in [3.63, 3.8) is 0 Å². The predicted octanol–water partition coefficient (Wildman–Crippen LogP) is 4.25. The summed E-state index contributed by atoms with van der Waals surface area (Å²) >= 11 is 5.97. The lowest BCUT2D eigenvalue weighted by Gasteiger charge is -2.29. The van der Waals surface area contributed by atoms with Crippen LogP contribution in [0.5, 0.6) is 0 Å². The van der Waals surface area contributed by atoms with Crippen LogP contribution >= 0.6 is 11.6 Å². The number of piperidine rings is 1. The second kappa shape index (κ2) is 9.25. The highest BCUT2D eigenvalue weighted by Crippen LogP contribution is 2.22. The van der Waals surface area contributed by atoms with Crippen LogP contribution in [0.3, 0.4) is 0 Å². The smallest absolute Gasteiger partial charge is 0.242 e. The van der Waals surface area contributed by atoms with Gasteiger partial charge >= 0.3 is 0 Å². The molecule has 0 spiro atoms. The normalized spacial score (nSPS) is 15.6. The first-order valence-corrected chi connectivity index (χ1v) is 9.96. The Balaban J connectivity index is 1.60. The number of carbonyl (C=O) groups is 1. The minimum Gasteiger partial charge on any atom is -0.372 e. The third kappa shape index (κ3) is 5.24. The maximum atomic E-state index is 12.8. The van der Waals surface area contributed by atoms with Crippen LogP contribution in [0.25, 0.3) is 0 Å². The summed E-state index contributed by atoms with van der Waals surface area (Å²) in [7, 11) is 3.82. The molecule has 1 saturated heterocycles. The molecular formula is C22H28ClN3O. The predicted molar refractivity (Wildman–Crippen MR) is 112 cm³/mol. The van der Waals surface area contributed by atoms with Crippen molar-refractivity contribution in [2.24, 2.45) is 0 Å². The summed E-state index contributed by atoms with van der Waals surface area (Å²) in [5.74, 6) is -0.0116. The Hall–Kier alpha value is -2.04. The number of carbonyl (C=O) groups excluding carboxylic acids is 1. The van der Waals surface area contributed by atoms with Crippen LogP contribution in [-0.2, 0) is 11.3 Å². The molecule has 144 valence electrons. The summed E-state index contributed by atoms with van der Waals surface area (Å²) in [5.41, 5.74) is 3.32. The van der Waals surface area contributed by atoms with Gasteiger partial charge in [0.05, 0.1) is 0 Å². The van der Waals surface area contributed by atoms with E-state index in [9.17, 15) is 4.79 Å². The molecule has 0 bridgehead atoms. The SMILES string of the molecule is CN(C)[C@@H](C(=O)NCc1ccc(N2CCCCC2)cc1)c1ccc(Cl)cc1. The number of hydrogen-bond acceptors (Lipinski definition) is 3. The van der Waals surface area contributed by atoms with E-state index in [0.717, 1.165) is 24.2 Å². The lowest BCUT2D eigenvalue weighted by molar-refractivity contribution is -0.125. The second-order valence-electron chi connectivity index (χ2n) is 7.35. The number of nitrogens with one attached hydrogen (secondary N) is 1. The molecule has 0 unspecified atom stereocenters. The van der Waals surface area contributed by atoms with E-state index in [1.54, 1.807) is 0 Å². The first-order valence-electron chi connectivity index (χ1n) is 9.58. The summed E-state index contributed by atoms with van der Waals surface area (Å²) in [5, 5.41) is 3.74. The van der Waals surface area contributed by atoms with Crippen molar-refractivity contribution in [1.29, 1.82) is 0 Å². The molecule has 4 nitrogen and oxygen atoms in total. The number of likely N-dealkylation sites (N-methyl/N-ethyl adjacent to an activating group) is 1. The van der Waals surface area contributed by atoms with E-state index in [4.69, 9.17) is 11.6 Å². The van der Waals surface area contributed by atoms with Crippen LogP contribution in [0, 0.1) is 0 Å². The molecule has 1 aliphatic heterocycles. The molecule has 2 aromatic carbocycles. The summed E-state index contributed by atoms with van der Waals surface area (Å²) in [6.45, 7) is 2.81. The fraction of sp³-hybridized carbons (Fsp3) is 0.409. The molecule has 0 radical (unpaired) electrons. The van der Waals surface area contributed by atoms with Crippen molar-refractivity contribution in [3.8, 4) is 0 Å². The monoisotopic (exact) mass is 385 g/mol. The summed E-state index contributed by atoms with van der Waals surface area (Å²) < 4.78 is 0. The number of amides is 1. The fourth-order valence-corrected chi connectivity index (χ4v) is 3.72. The maximum Gasteiger partial charge on any atom is 0.242 e. The summed E-state index contributed by atoms with van der Waals surface area (Å²) in [6, 6.07) is 15.6. The molecular weight excluding hydrogens is 358 g/mol. The highest BCUT2D eigenvalue weighted by Gasteiger charge is 2.22. The molecule has 0 aromatic heterocycles. The van der Waals surface area contributed by atoms with Crippen LogP contribution in [0.15, 0.2) is 48.5 Å². The number of anilines is 1. The first kappa shape index (κ1) is 19.7. The molecule has 0 aliphatic carbocycles. The first-order chi connectivity index (χ1) is 13.0. The molecule has 1 N–H and O–H groups in total. The Morgan fingerprint density at radius 1 is 1.04 bits per heavy atom. The molecule has 3 rings (SSSR count). The van der Waals surface area contributed by atoms with Gasteiger partial charge in [0.2, 0.25) is 5.91 Å². The number of nitrogens with zero attached hydrogens (tertiary/aromatic N) is 2. The van der Waals surface area contributed by atoms with E-state index in [1.165, 1.54) is 24.9 Å². The third-order valence-electron chi connectivity index (χ3n) is 5.07. The average Bonchev–Trinajstić information content (AvgIpc) is 2.69. The molecule has 1 atom stereocenters. The third-order valence-corrected chi connectivity index (χ3v) is 5.33. The minimum atomic E-state index is -0.338. The van der Waals surface area contributed by atoms with E-state index >= 15 is 0 Å². The Morgan fingerprint density at radius 2 is 1.67 bits per heavy atom. The number of hydrogen-bond donors (Lipinski definition) is 1. The van der Waals surface area contributed by atoms with E-state index in [-0.39, 0.29) is 11.9 Å². The molecule has 1 aliphatic rings. The molecule has 1 amide bonds. The van der Waals surface area contributed by atoms with Crippen molar-refractivity contribution < 1.29 is 4.79 Å². The van der Waals surface area contributed by atoms with E-state index in [0.29, 0.717) is 11.6 Å². The van der Waals surface area contributed by atoms with Crippen LogP contribution in [0.4, 0.5) is 5.69 Å². The van der Waals surface area contributed by atoms with Crippen LogP contribution < -0.4 is 10.2 Å². The quantitative estimate of drug-likeness (QED) is 0.807. The van der Waals surface area contributed by atoms with E-state index < -0.39 is 0 Å². The molecule has 0 saturated carbocycles. The molecule has 2 aromatic rings. The maximum absolute atomic E-state index is 12.8. The average molecular weight is 386 g/mol.